The van der Waals surface area contributed by atoms with E-state index in [0.717, 1.165) is 32.8 Å². The van der Waals surface area contributed by atoms with E-state index in [-0.39, 0.29) is 6.79 Å². The molecule has 0 unspecified atom stereocenters. The zero-order valence-electron chi connectivity index (χ0n) is 13.9. The minimum atomic E-state index is 0.257. The Bertz CT molecular complexity index is 914. The molecule has 26 heavy (non-hydrogen) atoms. The summed E-state index contributed by atoms with van der Waals surface area (Å²) in [5.74, 6) is 3.48. The number of halogens is 1. The zero-order chi connectivity index (χ0) is 17.9. The standard InChI is InChI=1S/C18H15BrN2O4S/c1-2-22-13-5-3-11(4-6-13)17-20-21-18(25-17)26-9-12-7-15-16(8-14(12)19)24-10-23-15/h3-8H,2,9-10H2,1H3. The van der Waals surface area contributed by atoms with Gasteiger partial charge in [0.25, 0.3) is 5.22 Å². The molecule has 6 nitrogen and oxygen atoms in total. The van der Waals surface area contributed by atoms with Gasteiger partial charge in [-0.25, -0.2) is 0 Å². The van der Waals surface area contributed by atoms with Gasteiger partial charge in [-0.3, -0.25) is 0 Å². The first-order valence-corrected chi connectivity index (χ1v) is 9.78. The smallest absolute Gasteiger partial charge is 0.277 e. The molecule has 1 aliphatic heterocycles. The lowest BCUT2D eigenvalue weighted by molar-refractivity contribution is 0.174. The summed E-state index contributed by atoms with van der Waals surface area (Å²) in [6.45, 7) is 2.84. The number of ether oxygens (including phenoxy) is 3. The highest BCUT2D eigenvalue weighted by atomic mass is 79.9. The van der Waals surface area contributed by atoms with E-state index in [2.05, 4.69) is 26.1 Å². The lowest BCUT2D eigenvalue weighted by Gasteiger charge is -2.04. The Labute approximate surface area is 163 Å². The van der Waals surface area contributed by atoms with Crippen LogP contribution in [-0.4, -0.2) is 23.6 Å². The van der Waals surface area contributed by atoms with Crippen molar-refractivity contribution in [2.45, 2.75) is 17.9 Å². The van der Waals surface area contributed by atoms with Gasteiger partial charge in [-0.05, 0) is 48.9 Å². The predicted octanol–water partition coefficient (Wildman–Crippen LogP) is 4.92. The fourth-order valence-corrected chi connectivity index (χ4v) is 3.86. The van der Waals surface area contributed by atoms with Crippen molar-refractivity contribution >= 4 is 27.7 Å². The fourth-order valence-electron chi connectivity index (χ4n) is 2.45. The molecule has 1 aliphatic rings. The van der Waals surface area contributed by atoms with Gasteiger partial charge in [-0.15, -0.1) is 10.2 Å². The molecule has 0 atom stereocenters. The molecular formula is C18H15BrN2O4S. The van der Waals surface area contributed by atoms with Crippen LogP contribution in [-0.2, 0) is 5.75 Å². The van der Waals surface area contributed by atoms with E-state index < -0.39 is 0 Å². The second-order valence-corrected chi connectivity index (χ2v) is 7.20. The summed E-state index contributed by atoms with van der Waals surface area (Å²) >= 11 is 5.03. The van der Waals surface area contributed by atoms with E-state index in [1.165, 1.54) is 11.8 Å². The molecule has 4 rings (SSSR count). The molecule has 2 aromatic carbocycles. The Morgan fingerprint density at radius 3 is 2.65 bits per heavy atom. The summed E-state index contributed by atoms with van der Waals surface area (Å²) in [7, 11) is 0. The highest BCUT2D eigenvalue weighted by Gasteiger charge is 2.17. The van der Waals surface area contributed by atoms with E-state index in [9.17, 15) is 0 Å². The van der Waals surface area contributed by atoms with Gasteiger partial charge in [-0.2, -0.15) is 0 Å². The maximum absolute atomic E-state index is 5.75. The molecule has 8 heteroatoms. The van der Waals surface area contributed by atoms with Gasteiger partial charge >= 0.3 is 0 Å². The third kappa shape index (κ3) is 3.66. The number of hydrogen-bond acceptors (Lipinski definition) is 7. The monoisotopic (exact) mass is 434 g/mol. The Morgan fingerprint density at radius 1 is 1.12 bits per heavy atom. The number of fused-ring (bicyclic) bond motifs is 1. The van der Waals surface area contributed by atoms with Crippen LogP contribution >= 0.6 is 27.7 Å². The lowest BCUT2D eigenvalue weighted by atomic mass is 10.2. The number of benzene rings is 2. The number of rotatable bonds is 6. The van der Waals surface area contributed by atoms with Crippen molar-refractivity contribution in [2.24, 2.45) is 0 Å². The van der Waals surface area contributed by atoms with Crippen LogP contribution in [0.15, 0.2) is 50.5 Å². The number of aromatic nitrogens is 2. The minimum absolute atomic E-state index is 0.257. The SMILES string of the molecule is CCOc1ccc(-c2nnc(SCc3cc4c(cc3Br)OCO4)o2)cc1. The zero-order valence-corrected chi connectivity index (χ0v) is 16.3. The molecule has 0 bridgehead atoms. The van der Waals surface area contributed by atoms with Gasteiger partial charge in [0, 0.05) is 15.8 Å². The van der Waals surface area contributed by atoms with E-state index >= 15 is 0 Å². The normalized spacial score (nSPS) is 12.4. The minimum Gasteiger partial charge on any atom is -0.494 e. The van der Waals surface area contributed by atoms with E-state index in [1.807, 2.05) is 43.3 Å². The summed E-state index contributed by atoms with van der Waals surface area (Å²) in [4.78, 5) is 0. The largest absolute Gasteiger partial charge is 0.494 e. The van der Waals surface area contributed by atoms with Crippen molar-refractivity contribution in [3.8, 4) is 28.7 Å². The molecule has 0 spiro atoms. The average Bonchev–Trinajstić information content (AvgIpc) is 3.29. The van der Waals surface area contributed by atoms with Crippen molar-refractivity contribution in [3.63, 3.8) is 0 Å². The first kappa shape index (κ1) is 17.2. The van der Waals surface area contributed by atoms with Gasteiger partial charge in [-0.1, -0.05) is 27.7 Å². The Hall–Kier alpha value is -2.19. The molecule has 0 fully saturated rings. The Balaban J connectivity index is 1.44. The fraction of sp³-hybridized carbons (Fsp3) is 0.222. The van der Waals surface area contributed by atoms with Gasteiger partial charge in [0.1, 0.15) is 5.75 Å². The summed E-state index contributed by atoms with van der Waals surface area (Å²) in [5.41, 5.74) is 1.93. The van der Waals surface area contributed by atoms with Crippen LogP contribution in [0.25, 0.3) is 11.5 Å². The van der Waals surface area contributed by atoms with Gasteiger partial charge in [0.2, 0.25) is 12.7 Å². The van der Waals surface area contributed by atoms with Crippen LogP contribution in [0.3, 0.4) is 0 Å². The highest BCUT2D eigenvalue weighted by molar-refractivity contribution is 9.10. The predicted molar refractivity (Wildman–Crippen MR) is 101 cm³/mol. The summed E-state index contributed by atoms with van der Waals surface area (Å²) < 4.78 is 22.9. The van der Waals surface area contributed by atoms with E-state index in [0.29, 0.717) is 23.5 Å². The molecule has 0 radical (unpaired) electrons. The Morgan fingerprint density at radius 2 is 1.88 bits per heavy atom. The van der Waals surface area contributed by atoms with Crippen LogP contribution in [0.5, 0.6) is 17.2 Å². The van der Waals surface area contributed by atoms with Crippen LogP contribution < -0.4 is 14.2 Å². The van der Waals surface area contributed by atoms with Crippen LogP contribution in [0.4, 0.5) is 0 Å². The first-order chi connectivity index (χ1) is 12.7. The molecule has 134 valence electrons. The molecule has 0 saturated carbocycles. The second kappa shape index (κ2) is 7.59. The topological polar surface area (TPSA) is 66.6 Å². The maximum atomic E-state index is 5.75. The first-order valence-electron chi connectivity index (χ1n) is 8.00. The van der Waals surface area contributed by atoms with Gasteiger partial charge < -0.3 is 18.6 Å². The number of nitrogens with zero attached hydrogens (tertiary/aromatic N) is 2. The molecule has 2 heterocycles. The number of hydrogen-bond donors (Lipinski definition) is 0. The van der Waals surface area contributed by atoms with Crippen LogP contribution in [0.2, 0.25) is 0 Å². The highest BCUT2D eigenvalue weighted by Crippen LogP contribution is 2.39. The maximum Gasteiger partial charge on any atom is 0.277 e. The second-order valence-electron chi connectivity index (χ2n) is 5.42. The van der Waals surface area contributed by atoms with Crippen molar-refractivity contribution in [1.29, 1.82) is 0 Å². The summed E-state index contributed by atoms with van der Waals surface area (Å²) in [6, 6.07) is 11.5. The third-order valence-electron chi connectivity index (χ3n) is 3.71. The molecule has 1 aromatic heterocycles. The number of thioether (sulfide) groups is 1. The molecule has 3 aromatic rings. The van der Waals surface area contributed by atoms with E-state index in [1.54, 1.807) is 0 Å². The van der Waals surface area contributed by atoms with Gasteiger partial charge in [0.15, 0.2) is 11.5 Å². The molecular weight excluding hydrogens is 420 g/mol. The average molecular weight is 435 g/mol. The third-order valence-corrected chi connectivity index (χ3v) is 5.32. The lowest BCUT2D eigenvalue weighted by Crippen LogP contribution is -1.92. The van der Waals surface area contributed by atoms with Crippen LogP contribution in [0, 0.1) is 0 Å². The van der Waals surface area contributed by atoms with Crippen molar-refractivity contribution in [2.75, 3.05) is 13.4 Å². The quantitative estimate of drug-likeness (QED) is 0.510. The van der Waals surface area contributed by atoms with Crippen molar-refractivity contribution < 1.29 is 18.6 Å². The molecule has 0 aliphatic carbocycles. The molecule has 0 N–H and O–H groups in total. The van der Waals surface area contributed by atoms with E-state index in [4.69, 9.17) is 18.6 Å². The summed E-state index contributed by atoms with van der Waals surface area (Å²) in [6.07, 6.45) is 0. The summed E-state index contributed by atoms with van der Waals surface area (Å²) in [5, 5.41) is 8.74. The molecule has 0 amide bonds. The van der Waals surface area contributed by atoms with Crippen LogP contribution in [0.1, 0.15) is 12.5 Å². The molecule has 0 saturated heterocycles. The Kier molecular flexibility index (Phi) is 5.03. The van der Waals surface area contributed by atoms with Crippen molar-refractivity contribution in [1.82, 2.24) is 10.2 Å². The van der Waals surface area contributed by atoms with Crippen molar-refractivity contribution in [3.05, 3.63) is 46.4 Å². The van der Waals surface area contributed by atoms with Gasteiger partial charge in [0.05, 0.1) is 6.61 Å².